The van der Waals surface area contributed by atoms with E-state index < -0.39 is 42.0 Å². The molecular weight excluding hydrogens is 384 g/mol. The van der Waals surface area contributed by atoms with Gasteiger partial charge in [0.2, 0.25) is 5.91 Å². The number of imide groups is 1. The van der Waals surface area contributed by atoms with Gasteiger partial charge in [-0.1, -0.05) is 42.5 Å². The van der Waals surface area contributed by atoms with Gasteiger partial charge in [-0.15, -0.1) is 0 Å². The average molecular weight is 404 g/mol. The van der Waals surface area contributed by atoms with Gasteiger partial charge < -0.3 is 4.74 Å². The molecular formula is C23H20N2O5. The monoisotopic (exact) mass is 404 g/mol. The van der Waals surface area contributed by atoms with E-state index in [2.05, 4.69) is 0 Å². The summed E-state index contributed by atoms with van der Waals surface area (Å²) in [6, 6.07) is 14.3. The standard InChI is InChI=1S/C23H20N2O5/c26-20-15-9-4-5-10-16(15)21(27)25(20)17-11-6-12-19-24(22(17)28)18(23(29)30-19)13-14-7-2-1-3-8-14/h1-5,7-10,17-19H,6,11-13H2/t17-,18-,19+/m0/s1. The second-order valence-electron chi connectivity index (χ2n) is 7.82. The Labute approximate surface area is 173 Å². The number of hydrogen-bond donors (Lipinski definition) is 0. The molecule has 0 saturated carbocycles. The third-order valence-electron chi connectivity index (χ3n) is 6.05. The third kappa shape index (κ3) is 2.81. The van der Waals surface area contributed by atoms with Crippen LogP contribution in [0.4, 0.5) is 0 Å². The highest BCUT2D eigenvalue weighted by atomic mass is 16.6. The van der Waals surface area contributed by atoms with Crippen molar-refractivity contribution in [3.8, 4) is 0 Å². The van der Waals surface area contributed by atoms with E-state index in [4.69, 9.17) is 4.74 Å². The molecule has 0 aliphatic carbocycles. The molecule has 152 valence electrons. The topological polar surface area (TPSA) is 84.0 Å². The maximum absolute atomic E-state index is 13.5. The first-order valence-corrected chi connectivity index (χ1v) is 10.1. The van der Waals surface area contributed by atoms with Crippen molar-refractivity contribution in [3.05, 3.63) is 71.3 Å². The fourth-order valence-electron chi connectivity index (χ4n) is 4.61. The summed E-state index contributed by atoms with van der Waals surface area (Å²) in [5.41, 5.74) is 1.53. The van der Waals surface area contributed by atoms with Crippen LogP contribution in [0.5, 0.6) is 0 Å². The highest BCUT2D eigenvalue weighted by Gasteiger charge is 2.52. The zero-order valence-corrected chi connectivity index (χ0v) is 16.2. The van der Waals surface area contributed by atoms with Gasteiger partial charge in [-0.25, -0.2) is 4.79 Å². The Hall–Kier alpha value is -3.48. The van der Waals surface area contributed by atoms with E-state index in [-0.39, 0.29) is 0 Å². The Balaban J connectivity index is 1.47. The van der Waals surface area contributed by atoms with Gasteiger partial charge in [0, 0.05) is 12.8 Å². The number of amides is 3. The largest absolute Gasteiger partial charge is 0.440 e. The summed E-state index contributed by atoms with van der Waals surface area (Å²) in [4.78, 5) is 54.5. The normalized spacial score (nSPS) is 25.8. The summed E-state index contributed by atoms with van der Waals surface area (Å²) in [7, 11) is 0. The molecule has 5 rings (SSSR count). The number of esters is 1. The molecule has 3 aliphatic heterocycles. The summed E-state index contributed by atoms with van der Waals surface area (Å²) in [5, 5.41) is 0. The number of fused-ring (bicyclic) bond motifs is 2. The van der Waals surface area contributed by atoms with Crippen LogP contribution in [0.2, 0.25) is 0 Å². The van der Waals surface area contributed by atoms with E-state index in [0.29, 0.717) is 36.8 Å². The molecule has 7 nitrogen and oxygen atoms in total. The molecule has 3 aliphatic rings. The molecule has 0 radical (unpaired) electrons. The lowest BCUT2D eigenvalue weighted by Gasteiger charge is -2.30. The Kier molecular flexibility index (Phi) is 4.38. The van der Waals surface area contributed by atoms with Crippen molar-refractivity contribution in [3.63, 3.8) is 0 Å². The minimum absolute atomic E-state index is 0.311. The van der Waals surface area contributed by atoms with Crippen molar-refractivity contribution in [2.24, 2.45) is 0 Å². The molecule has 2 saturated heterocycles. The molecule has 3 amide bonds. The summed E-state index contributed by atoms with van der Waals surface area (Å²) in [6.07, 6.45) is 1.08. The molecule has 2 aromatic rings. The van der Waals surface area contributed by atoms with Gasteiger partial charge in [-0.3, -0.25) is 24.2 Å². The molecule has 0 bridgehead atoms. The van der Waals surface area contributed by atoms with Crippen molar-refractivity contribution in [2.75, 3.05) is 0 Å². The summed E-state index contributed by atoms with van der Waals surface area (Å²) >= 11 is 0. The van der Waals surface area contributed by atoms with Crippen molar-refractivity contribution < 1.29 is 23.9 Å². The van der Waals surface area contributed by atoms with Crippen LogP contribution in [-0.2, 0) is 20.7 Å². The first-order valence-electron chi connectivity index (χ1n) is 10.1. The van der Waals surface area contributed by atoms with Gasteiger partial charge >= 0.3 is 5.97 Å². The van der Waals surface area contributed by atoms with Crippen LogP contribution < -0.4 is 0 Å². The van der Waals surface area contributed by atoms with Crippen LogP contribution in [0, 0.1) is 0 Å². The lowest BCUT2D eigenvalue weighted by atomic mass is 10.0. The van der Waals surface area contributed by atoms with Crippen LogP contribution in [0.1, 0.15) is 45.5 Å². The van der Waals surface area contributed by atoms with E-state index in [0.717, 1.165) is 10.5 Å². The molecule has 0 spiro atoms. The van der Waals surface area contributed by atoms with Crippen molar-refractivity contribution in [2.45, 2.75) is 44.0 Å². The predicted molar refractivity (Wildman–Crippen MR) is 105 cm³/mol. The van der Waals surface area contributed by atoms with Gasteiger partial charge in [0.25, 0.3) is 11.8 Å². The Morgan fingerprint density at radius 1 is 0.833 bits per heavy atom. The smallest absolute Gasteiger partial charge is 0.331 e. The van der Waals surface area contributed by atoms with E-state index in [9.17, 15) is 19.2 Å². The average Bonchev–Trinajstić information content (AvgIpc) is 3.13. The lowest BCUT2D eigenvalue weighted by molar-refractivity contribution is -0.143. The zero-order valence-electron chi connectivity index (χ0n) is 16.2. The number of carbonyl (C=O) groups excluding carboxylic acids is 4. The molecule has 0 unspecified atom stereocenters. The van der Waals surface area contributed by atoms with Crippen molar-refractivity contribution in [1.82, 2.24) is 9.80 Å². The van der Waals surface area contributed by atoms with Gasteiger partial charge in [0.15, 0.2) is 6.23 Å². The van der Waals surface area contributed by atoms with Gasteiger partial charge in [-0.05, 0) is 30.5 Å². The van der Waals surface area contributed by atoms with E-state index in [1.807, 2.05) is 30.3 Å². The van der Waals surface area contributed by atoms with Gasteiger partial charge in [0.1, 0.15) is 12.1 Å². The maximum atomic E-state index is 13.5. The molecule has 30 heavy (non-hydrogen) atoms. The molecule has 3 heterocycles. The number of rotatable bonds is 3. The number of carbonyl (C=O) groups is 4. The second kappa shape index (κ2) is 7.09. The lowest BCUT2D eigenvalue weighted by Crippen LogP contribution is -2.53. The van der Waals surface area contributed by atoms with Crippen molar-refractivity contribution >= 4 is 23.7 Å². The fourth-order valence-corrected chi connectivity index (χ4v) is 4.61. The van der Waals surface area contributed by atoms with Crippen LogP contribution in [0.25, 0.3) is 0 Å². The zero-order chi connectivity index (χ0) is 20.8. The maximum Gasteiger partial charge on any atom is 0.331 e. The molecule has 2 fully saturated rings. The SMILES string of the molecule is O=C1O[C@@H]2CCC[C@H](N3C(=O)c4ccccc4C3=O)C(=O)N2[C@H]1Cc1ccccc1. The number of ether oxygens (including phenoxy) is 1. The Morgan fingerprint density at radius 3 is 2.13 bits per heavy atom. The molecule has 0 aromatic heterocycles. The Morgan fingerprint density at radius 2 is 1.47 bits per heavy atom. The number of nitrogens with zero attached hydrogens (tertiary/aromatic N) is 2. The Bertz CT molecular complexity index is 1020. The summed E-state index contributed by atoms with van der Waals surface area (Å²) in [5.74, 6) is -1.77. The minimum atomic E-state index is -0.935. The molecule has 0 N–H and O–H groups in total. The first kappa shape index (κ1) is 18.5. The highest BCUT2D eigenvalue weighted by molar-refractivity contribution is 6.23. The third-order valence-corrected chi connectivity index (χ3v) is 6.05. The number of hydrogen-bond acceptors (Lipinski definition) is 5. The summed E-state index contributed by atoms with van der Waals surface area (Å²) in [6.45, 7) is 0. The fraction of sp³-hybridized carbons (Fsp3) is 0.304. The van der Waals surface area contributed by atoms with Crippen LogP contribution >= 0.6 is 0 Å². The van der Waals surface area contributed by atoms with Crippen LogP contribution in [-0.4, -0.2) is 51.8 Å². The molecule has 3 atom stereocenters. The molecule has 7 heteroatoms. The van der Waals surface area contributed by atoms with Gasteiger partial charge in [-0.2, -0.15) is 0 Å². The quantitative estimate of drug-likeness (QED) is 0.578. The van der Waals surface area contributed by atoms with Gasteiger partial charge in [0.05, 0.1) is 11.1 Å². The predicted octanol–water partition coefficient (Wildman–Crippen LogP) is 2.16. The highest BCUT2D eigenvalue weighted by Crippen LogP contribution is 2.34. The summed E-state index contributed by atoms with van der Waals surface area (Å²) < 4.78 is 5.50. The van der Waals surface area contributed by atoms with Crippen LogP contribution in [0.15, 0.2) is 54.6 Å². The second-order valence-corrected chi connectivity index (χ2v) is 7.82. The first-order chi connectivity index (χ1) is 14.6. The van der Waals surface area contributed by atoms with E-state index in [1.54, 1.807) is 24.3 Å². The molecule has 2 aromatic carbocycles. The number of benzene rings is 2. The minimum Gasteiger partial charge on any atom is -0.440 e. The van der Waals surface area contributed by atoms with Crippen molar-refractivity contribution in [1.29, 1.82) is 0 Å². The van der Waals surface area contributed by atoms with E-state index >= 15 is 0 Å². The van der Waals surface area contributed by atoms with Crippen LogP contribution in [0.3, 0.4) is 0 Å². The van der Waals surface area contributed by atoms with E-state index in [1.165, 1.54) is 4.90 Å².